The van der Waals surface area contributed by atoms with Crippen molar-refractivity contribution in [1.29, 1.82) is 0 Å². The molecule has 6 rings (SSSR count). The quantitative estimate of drug-likeness (QED) is 0.265. The lowest BCUT2D eigenvalue weighted by atomic mass is 9.85. The maximum atomic E-state index is 13.5. The van der Waals surface area contributed by atoms with Gasteiger partial charge in [-0.3, -0.25) is 4.79 Å². The summed E-state index contributed by atoms with van der Waals surface area (Å²) in [4.78, 5) is 18.3. The minimum Gasteiger partial charge on any atom is -0.387 e. The number of ketones is 1. The number of nitrogens with zero attached hydrogens (tertiary/aromatic N) is 1. The Kier molecular flexibility index (Phi) is 7.44. The van der Waals surface area contributed by atoms with E-state index in [2.05, 4.69) is 66.7 Å². The molecule has 1 aliphatic heterocycles. The molecule has 3 nitrogen and oxygen atoms in total. The number of carbonyl (C=O) groups excluding carboxylic acids is 1. The van der Waals surface area contributed by atoms with Crippen LogP contribution in [-0.4, -0.2) is 11.6 Å². The summed E-state index contributed by atoms with van der Waals surface area (Å²) in [6.45, 7) is 0. The second-order valence-corrected chi connectivity index (χ2v) is 12.0. The molecule has 2 N–H and O–H groups in total. The molecule has 0 aromatic heterocycles. The van der Waals surface area contributed by atoms with Crippen LogP contribution in [0.15, 0.2) is 77.8 Å². The van der Waals surface area contributed by atoms with Crippen LogP contribution in [0.25, 0.3) is 0 Å². The van der Waals surface area contributed by atoms with Crippen LogP contribution in [0.4, 0.5) is 5.69 Å². The third kappa shape index (κ3) is 5.62. The molecule has 38 heavy (non-hydrogen) atoms. The molecule has 0 bridgehead atoms. The van der Waals surface area contributed by atoms with Crippen LogP contribution in [0.2, 0.25) is 0 Å². The normalized spacial score (nSPS) is 23.3. The SMILES string of the molecule is NC1=Nc2cc(C(=O)C3CCCC(Cc4ccccc4)CC3)ccc2CC1CCC1Cc2ccccc2C1. The van der Waals surface area contributed by atoms with Gasteiger partial charge in [0, 0.05) is 17.4 Å². The zero-order chi connectivity index (χ0) is 25.9. The monoisotopic (exact) mass is 504 g/mol. The Balaban J connectivity index is 1.05. The van der Waals surface area contributed by atoms with E-state index in [0.717, 1.165) is 62.0 Å². The molecular weight excluding hydrogens is 464 g/mol. The number of nitrogens with two attached hydrogens (primary N) is 1. The van der Waals surface area contributed by atoms with E-state index < -0.39 is 0 Å². The van der Waals surface area contributed by atoms with Crippen molar-refractivity contribution in [2.75, 3.05) is 0 Å². The summed E-state index contributed by atoms with van der Waals surface area (Å²) in [5, 5.41) is 0. The van der Waals surface area contributed by atoms with Gasteiger partial charge in [-0.1, -0.05) is 79.6 Å². The first kappa shape index (κ1) is 25.1. The highest BCUT2D eigenvalue weighted by molar-refractivity contribution is 5.99. The van der Waals surface area contributed by atoms with Crippen LogP contribution in [0.1, 0.15) is 77.6 Å². The van der Waals surface area contributed by atoms with E-state index in [1.807, 2.05) is 6.07 Å². The van der Waals surface area contributed by atoms with Gasteiger partial charge in [0.05, 0.1) is 5.69 Å². The minimum atomic E-state index is 0.127. The van der Waals surface area contributed by atoms with E-state index in [9.17, 15) is 4.79 Å². The molecule has 3 aromatic rings. The summed E-state index contributed by atoms with van der Waals surface area (Å²) in [6.07, 6.45) is 12.2. The predicted octanol–water partition coefficient (Wildman–Crippen LogP) is 7.66. The van der Waals surface area contributed by atoms with Crippen molar-refractivity contribution in [1.82, 2.24) is 0 Å². The van der Waals surface area contributed by atoms with E-state index >= 15 is 0 Å². The van der Waals surface area contributed by atoms with E-state index in [1.165, 1.54) is 47.9 Å². The van der Waals surface area contributed by atoms with Crippen LogP contribution in [0, 0.1) is 23.7 Å². The van der Waals surface area contributed by atoms with Crippen LogP contribution in [0.5, 0.6) is 0 Å². The smallest absolute Gasteiger partial charge is 0.166 e. The Hall–Kier alpha value is -3.20. The topological polar surface area (TPSA) is 55.4 Å². The second kappa shape index (κ2) is 11.3. The van der Waals surface area contributed by atoms with Gasteiger partial charge in [0.1, 0.15) is 5.84 Å². The lowest BCUT2D eigenvalue weighted by molar-refractivity contribution is 0.0907. The molecule has 2 aliphatic carbocycles. The van der Waals surface area contributed by atoms with Gasteiger partial charge in [0.15, 0.2) is 5.78 Å². The van der Waals surface area contributed by atoms with Gasteiger partial charge in [-0.15, -0.1) is 0 Å². The number of Topliss-reactive ketones (excluding diaryl/α,β-unsaturated/α-hetero) is 1. The first-order chi connectivity index (χ1) is 18.6. The van der Waals surface area contributed by atoms with Crippen LogP contribution < -0.4 is 5.73 Å². The van der Waals surface area contributed by atoms with E-state index in [0.29, 0.717) is 23.5 Å². The van der Waals surface area contributed by atoms with Crippen molar-refractivity contribution in [2.45, 2.75) is 70.6 Å². The molecule has 1 heterocycles. The molecule has 3 atom stereocenters. The number of fused-ring (bicyclic) bond motifs is 2. The molecule has 3 unspecified atom stereocenters. The van der Waals surface area contributed by atoms with Gasteiger partial charge in [-0.25, -0.2) is 4.99 Å². The van der Waals surface area contributed by atoms with Gasteiger partial charge >= 0.3 is 0 Å². The standard InChI is InChI=1S/C35H40N2O/c36-35-32(16-14-26-20-28-10-4-5-11-29(28)21-26)22-30-17-18-31(23-33(30)37-35)34(38)27-12-6-9-25(13-15-27)19-24-7-2-1-3-8-24/h1-5,7-8,10-11,17-18,23,25-27,32H,6,9,12-16,19-22H2,(H2,36,37). The molecule has 196 valence electrons. The lowest BCUT2D eigenvalue weighted by Crippen LogP contribution is -2.28. The fraction of sp³-hybridized carbons (Fsp3) is 0.429. The number of benzene rings is 3. The number of hydrogen-bond donors (Lipinski definition) is 1. The maximum absolute atomic E-state index is 13.5. The van der Waals surface area contributed by atoms with Crippen LogP contribution >= 0.6 is 0 Å². The highest BCUT2D eigenvalue weighted by atomic mass is 16.1. The molecule has 1 fully saturated rings. The molecule has 3 heteroatoms. The first-order valence-corrected chi connectivity index (χ1v) is 14.7. The molecule has 0 spiro atoms. The average molecular weight is 505 g/mol. The Morgan fingerprint density at radius 2 is 1.53 bits per heavy atom. The summed E-state index contributed by atoms with van der Waals surface area (Å²) < 4.78 is 0. The van der Waals surface area contributed by atoms with Crippen molar-refractivity contribution >= 4 is 17.3 Å². The average Bonchev–Trinajstić information content (AvgIpc) is 3.22. The highest BCUT2D eigenvalue weighted by Crippen LogP contribution is 2.36. The van der Waals surface area contributed by atoms with Crippen LogP contribution in [-0.2, 0) is 25.7 Å². The number of carbonyl (C=O) groups is 1. The van der Waals surface area contributed by atoms with Crippen LogP contribution in [0.3, 0.4) is 0 Å². The lowest BCUT2D eigenvalue weighted by Gasteiger charge is -2.24. The Bertz CT molecular complexity index is 1290. The largest absolute Gasteiger partial charge is 0.387 e. The van der Waals surface area contributed by atoms with E-state index in [1.54, 1.807) is 0 Å². The highest BCUT2D eigenvalue weighted by Gasteiger charge is 2.28. The molecule has 1 saturated carbocycles. The Labute approximate surface area is 227 Å². The zero-order valence-electron chi connectivity index (χ0n) is 22.4. The van der Waals surface area contributed by atoms with Crippen molar-refractivity contribution in [3.05, 3.63) is 101 Å². The molecule has 3 aliphatic rings. The molecule has 0 amide bonds. The Morgan fingerprint density at radius 1 is 0.763 bits per heavy atom. The van der Waals surface area contributed by atoms with E-state index in [-0.39, 0.29) is 5.92 Å². The van der Waals surface area contributed by atoms with Crippen molar-refractivity contribution in [3.63, 3.8) is 0 Å². The predicted molar refractivity (Wildman–Crippen MR) is 156 cm³/mol. The van der Waals surface area contributed by atoms with Gasteiger partial charge in [0.25, 0.3) is 0 Å². The summed E-state index contributed by atoms with van der Waals surface area (Å²) in [5.74, 6) is 2.87. The fourth-order valence-corrected chi connectivity index (χ4v) is 7.16. The molecular formula is C35H40N2O. The molecule has 0 saturated heterocycles. The van der Waals surface area contributed by atoms with Crippen molar-refractivity contribution < 1.29 is 4.79 Å². The van der Waals surface area contributed by atoms with Crippen molar-refractivity contribution in [2.24, 2.45) is 34.4 Å². The molecule has 3 aromatic carbocycles. The number of rotatable bonds is 7. The minimum absolute atomic E-state index is 0.127. The summed E-state index contributed by atoms with van der Waals surface area (Å²) in [7, 11) is 0. The fourth-order valence-electron chi connectivity index (χ4n) is 7.16. The summed E-state index contributed by atoms with van der Waals surface area (Å²) in [6, 6.07) is 25.9. The second-order valence-electron chi connectivity index (χ2n) is 12.0. The molecule has 0 radical (unpaired) electrons. The number of aliphatic imine (C=N–C) groups is 1. The van der Waals surface area contributed by atoms with Crippen molar-refractivity contribution in [3.8, 4) is 0 Å². The number of amidine groups is 1. The Morgan fingerprint density at radius 3 is 2.32 bits per heavy atom. The zero-order valence-corrected chi connectivity index (χ0v) is 22.4. The summed E-state index contributed by atoms with van der Waals surface area (Å²) in [5.41, 5.74) is 13.9. The van der Waals surface area contributed by atoms with Gasteiger partial charge in [-0.05, 0) is 97.9 Å². The van der Waals surface area contributed by atoms with Gasteiger partial charge in [0.2, 0.25) is 0 Å². The summed E-state index contributed by atoms with van der Waals surface area (Å²) >= 11 is 0. The van der Waals surface area contributed by atoms with Gasteiger partial charge < -0.3 is 5.73 Å². The number of hydrogen-bond acceptors (Lipinski definition) is 3. The first-order valence-electron chi connectivity index (χ1n) is 14.7. The maximum Gasteiger partial charge on any atom is 0.166 e. The van der Waals surface area contributed by atoms with Gasteiger partial charge in [-0.2, -0.15) is 0 Å². The third-order valence-electron chi connectivity index (χ3n) is 9.39. The van der Waals surface area contributed by atoms with E-state index in [4.69, 9.17) is 10.7 Å². The third-order valence-corrected chi connectivity index (χ3v) is 9.39.